The Hall–Kier alpha value is -0.960. The van der Waals surface area contributed by atoms with Crippen LogP contribution in [0.2, 0.25) is 0 Å². The molecule has 2 rings (SSSR count). The maximum atomic E-state index is 13.3. The fourth-order valence-electron chi connectivity index (χ4n) is 2.95. The van der Waals surface area contributed by atoms with Crippen molar-refractivity contribution >= 4 is 0 Å². The summed E-state index contributed by atoms with van der Waals surface area (Å²) in [5.74, 6) is -0.648. The maximum absolute atomic E-state index is 13.3. The first-order chi connectivity index (χ1) is 8.69. The summed E-state index contributed by atoms with van der Waals surface area (Å²) in [5.41, 5.74) is 0.817. The van der Waals surface area contributed by atoms with Gasteiger partial charge in [0.2, 0.25) is 0 Å². The van der Waals surface area contributed by atoms with Crippen molar-refractivity contribution in [1.29, 1.82) is 0 Å². The first-order valence-electron chi connectivity index (χ1n) is 6.88. The van der Waals surface area contributed by atoms with Crippen molar-refractivity contribution in [1.82, 2.24) is 5.32 Å². The highest BCUT2D eigenvalue weighted by atomic mass is 19.1. The van der Waals surface area contributed by atoms with Gasteiger partial charge in [0.05, 0.1) is 0 Å². The van der Waals surface area contributed by atoms with E-state index in [1.165, 1.54) is 25.0 Å². The van der Waals surface area contributed by atoms with Crippen molar-refractivity contribution in [3.8, 4) is 0 Å². The minimum absolute atomic E-state index is 0.279. The van der Waals surface area contributed by atoms with Crippen LogP contribution in [0.25, 0.3) is 0 Å². The molecule has 0 saturated heterocycles. The Kier molecular flexibility index (Phi) is 4.70. The summed E-state index contributed by atoms with van der Waals surface area (Å²) in [6.07, 6.45) is 5.53. The fraction of sp³-hybridized carbons (Fsp3) is 0.600. The lowest BCUT2D eigenvalue weighted by atomic mass is 9.90. The quantitative estimate of drug-likeness (QED) is 0.803. The molecule has 2 atom stereocenters. The summed E-state index contributed by atoms with van der Waals surface area (Å²) in [5, 5.41) is 3.47. The molecule has 1 aliphatic carbocycles. The SMILES string of the molecule is CCNC1CCCCC(c2cc(F)cc(F)c2)C1. The highest BCUT2D eigenvalue weighted by Gasteiger charge is 2.21. The molecule has 18 heavy (non-hydrogen) atoms. The van der Waals surface area contributed by atoms with E-state index in [0.717, 1.165) is 37.4 Å². The van der Waals surface area contributed by atoms with Crippen LogP contribution < -0.4 is 5.32 Å². The molecule has 0 spiro atoms. The third kappa shape index (κ3) is 3.52. The van der Waals surface area contributed by atoms with Gasteiger partial charge >= 0.3 is 0 Å². The van der Waals surface area contributed by atoms with Crippen molar-refractivity contribution in [2.75, 3.05) is 6.54 Å². The normalized spacial score (nSPS) is 24.8. The molecule has 1 aliphatic rings. The van der Waals surface area contributed by atoms with Gasteiger partial charge in [-0.15, -0.1) is 0 Å². The van der Waals surface area contributed by atoms with Gasteiger partial charge in [0.1, 0.15) is 11.6 Å². The largest absolute Gasteiger partial charge is 0.314 e. The predicted octanol–water partition coefficient (Wildman–Crippen LogP) is 3.99. The minimum Gasteiger partial charge on any atom is -0.314 e. The van der Waals surface area contributed by atoms with Crippen LogP contribution in [0.4, 0.5) is 8.78 Å². The number of benzene rings is 1. The molecule has 0 radical (unpaired) electrons. The lowest BCUT2D eigenvalue weighted by Gasteiger charge is -2.21. The van der Waals surface area contributed by atoms with Gasteiger partial charge in [-0.1, -0.05) is 19.8 Å². The zero-order chi connectivity index (χ0) is 13.0. The smallest absolute Gasteiger partial charge is 0.126 e. The Balaban J connectivity index is 2.14. The van der Waals surface area contributed by atoms with Crippen LogP contribution in [-0.2, 0) is 0 Å². The maximum Gasteiger partial charge on any atom is 0.126 e. The van der Waals surface area contributed by atoms with E-state index < -0.39 is 11.6 Å². The highest BCUT2D eigenvalue weighted by molar-refractivity contribution is 5.22. The molecule has 1 aromatic rings. The molecule has 0 aromatic heterocycles. The van der Waals surface area contributed by atoms with Crippen LogP contribution in [-0.4, -0.2) is 12.6 Å². The molecule has 100 valence electrons. The molecular formula is C15H21F2N. The van der Waals surface area contributed by atoms with Gasteiger partial charge in [-0.2, -0.15) is 0 Å². The van der Waals surface area contributed by atoms with E-state index in [9.17, 15) is 8.78 Å². The highest BCUT2D eigenvalue weighted by Crippen LogP contribution is 2.32. The number of hydrogen-bond acceptors (Lipinski definition) is 1. The molecule has 0 bridgehead atoms. The van der Waals surface area contributed by atoms with Gasteiger partial charge in [-0.25, -0.2) is 8.78 Å². The second-order valence-electron chi connectivity index (χ2n) is 5.17. The van der Waals surface area contributed by atoms with Crippen molar-refractivity contribution in [3.63, 3.8) is 0 Å². The fourth-order valence-corrected chi connectivity index (χ4v) is 2.95. The van der Waals surface area contributed by atoms with E-state index in [1.54, 1.807) is 0 Å². The van der Waals surface area contributed by atoms with E-state index in [0.29, 0.717) is 6.04 Å². The van der Waals surface area contributed by atoms with Crippen molar-refractivity contribution < 1.29 is 8.78 Å². The summed E-state index contributed by atoms with van der Waals surface area (Å²) in [6.45, 7) is 3.05. The van der Waals surface area contributed by atoms with E-state index in [1.807, 2.05) is 0 Å². The first-order valence-corrected chi connectivity index (χ1v) is 6.88. The van der Waals surface area contributed by atoms with Gasteiger partial charge in [0.15, 0.2) is 0 Å². The van der Waals surface area contributed by atoms with Crippen molar-refractivity contribution in [3.05, 3.63) is 35.4 Å². The average molecular weight is 253 g/mol. The molecule has 0 amide bonds. The average Bonchev–Trinajstić information content (AvgIpc) is 2.54. The molecule has 3 heteroatoms. The van der Waals surface area contributed by atoms with Gasteiger partial charge in [0.25, 0.3) is 0 Å². The Morgan fingerprint density at radius 1 is 1.11 bits per heavy atom. The molecule has 1 fully saturated rings. The van der Waals surface area contributed by atoms with E-state index in [2.05, 4.69) is 12.2 Å². The zero-order valence-corrected chi connectivity index (χ0v) is 10.9. The summed E-state index contributed by atoms with van der Waals surface area (Å²) in [7, 11) is 0. The molecule has 0 heterocycles. The second-order valence-corrected chi connectivity index (χ2v) is 5.17. The predicted molar refractivity (Wildman–Crippen MR) is 69.6 cm³/mol. The van der Waals surface area contributed by atoms with Crippen LogP contribution in [0.15, 0.2) is 18.2 Å². The van der Waals surface area contributed by atoms with E-state index >= 15 is 0 Å². The second kappa shape index (κ2) is 6.28. The number of nitrogens with one attached hydrogen (secondary N) is 1. The summed E-state index contributed by atoms with van der Waals surface area (Å²) < 4.78 is 26.5. The number of halogens is 2. The monoisotopic (exact) mass is 253 g/mol. The molecule has 2 unspecified atom stereocenters. The number of hydrogen-bond donors (Lipinski definition) is 1. The molecule has 1 saturated carbocycles. The standard InChI is InChI=1S/C15H21F2N/c1-2-18-15-6-4-3-5-11(9-15)12-7-13(16)10-14(17)8-12/h7-8,10-11,15,18H,2-6,9H2,1H3. The van der Waals surface area contributed by atoms with E-state index in [4.69, 9.17) is 0 Å². The zero-order valence-electron chi connectivity index (χ0n) is 10.9. The van der Waals surface area contributed by atoms with Crippen LogP contribution in [0.3, 0.4) is 0 Å². The van der Waals surface area contributed by atoms with Gasteiger partial charge in [0, 0.05) is 12.1 Å². The van der Waals surface area contributed by atoms with Gasteiger partial charge in [-0.05, 0) is 49.4 Å². The van der Waals surface area contributed by atoms with Crippen molar-refractivity contribution in [2.45, 2.75) is 51.0 Å². The van der Waals surface area contributed by atoms with Crippen molar-refractivity contribution in [2.24, 2.45) is 0 Å². The summed E-state index contributed by atoms with van der Waals surface area (Å²) >= 11 is 0. The Morgan fingerprint density at radius 2 is 1.78 bits per heavy atom. The Morgan fingerprint density at radius 3 is 2.44 bits per heavy atom. The molecule has 1 aromatic carbocycles. The lowest BCUT2D eigenvalue weighted by Crippen LogP contribution is -2.29. The van der Waals surface area contributed by atoms with Gasteiger partial charge < -0.3 is 5.32 Å². The lowest BCUT2D eigenvalue weighted by molar-refractivity contribution is 0.447. The first kappa shape index (κ1) is 13.5. The van der Waals surface area contributed by atoms with Crippen LogP contribution >= 0.6 is 0 Å². The van der Waals surface area contributed by atoms with Gasteiger partial charge in [-0.3, -0.25) is 0 Å². The molecular weight excluding hydrogens is 232 g/mol. The van der Waals surface area contributed by atoms with E-state index in [-0.39, 0.29) is 5.92 Å². The molecule has 0 aliphatic heterocycles. The molecule has 1 N–H and O–H groups in total. The topological polar surface area (TPSA) is 12.0 Å². The summed E-state index contributed by atoms with van der Waals surface area (Å²) in [6, 6.07) is 4.40. The summed E-state index contributed by atoms with van der Waals surface area (Å²) in [4.78, 5) is 0. The minimum atomic E-state index is -0.464. The number of rotatable bonds is 3. The Labute approximate surface area is 108 Å². The Bertz CT molecular complexity index is 372. The van der Waals surface area contributed by atoms with Crippen LogP contribution in [0, 0.1) is 11.6 Å². The van der Waals surface area contributed by atoms with Crippen LogP contribution in [0.5, 0.6) is 0 Å². The molecule has 1 nitrogen and oxygen atoms in total. The third-order valence-electron chi connectivity index (χ3n) is 3.77. The van der Waals surface area contributed by atoms with Crippen LogP contribution in [0.1, 0.15) is 50.5 Å². The third-order valence-corrected chi connectivity index (χ3v) is 3.77.